The van der Waals surface area contributed by atoms with Gasteiger partial charge in [0.2, 0.25) is 5.91 Å². The quantitative estimate of drug-likeness (QED) is 0.608. The van der Waals surface area contributed by atoms with E-state index in [1.807, 2.05) is 19.9 Å². The molecule has 1 N–H and O–H groups in total. The first kappa shape index (κ1) is 19.2. The normalized spacial score (nSPS) is 11.4. The van der Waals surface area contributed by atoms with Gasteiger partial charge in [0.05, 0.1) is 31.7 Å². The molecule has 0 fully saturated rings. The molecular formula is C19H23N3O4. The maximum Gasteiger partial charge on any atom is 0.258 e. The highest BCUT2D eigenvalue weighted by atomic mass is 16.5. The van der Waals surface area contributed by atoms with Crippen LogP contribution in [-0.2, 0) is 11.3 Å². The highest BCUT2D eigenvalue weighted by molar-refractivity contribution is 5.87. The first-order valence-corrected chi connectivity index (χ1v) is 8.27. The smallest absolute Gasteiger partial charge is 0.258 e. The number of aromatic nitrogens is 2. The van der Waals surface area contributed by atoms with Gasteiger partial charge >= 0.3 is 0 Å². The van der Waals surface area contributed by atoms with E-state index in [4.69, 9.17) is 9.47 Å². The number of amides is 1. The van der Waals surface area contributed by atoms with Crippen molar-refractivity contribution in [3.63, 3.8) is 0 Å². The van der Waals surface area contributed by atoms with Crippen molar-refractivity contribution in [1.29, 1.82) is 0 Å². The van der Waals surface area contributed by atoms with E-state index >= 15 is 0 Å². The molecule has 1 aromatic heterocycles. The summed E-state index contributed by atoms with van der Waals surface area (Å²) in [6, 6.07) is 3.24. The fourth-order valence-electron chi connectivity index (χ4n) is 2.47. The minimum absolute atomic E-state index is 0.152. The molecule has 26 heavy (non-hydrogen) atoms. The Kier molecular flexibility index (Phi) is 6.54. The van der Waals surface area contributed by atoms with Crippen LogP contribution in [0.1, 0.15) is 19.7 Å². The number of allylic oxidation sites excluding steroid dienone is 3. The highest BCUT2D eigenvalue weighted by Gasteiger charge is 2.14. The Morgan fingerprint density at radius 3 is 2.54 bits per heavy atom. The van der Waals surface area contributed by atoms with E-state index in [0.717, 1.165) is 0 Å². The molecule has 0 spiro atoms. The van der Waals surface area contributed by atoms with Crippen LogP contribution in [0.5, 0.6) is 11.5 Å². The average Bonchev–Trinajstić information content (AvgIpc) is 2.65. The number of ether oxygens (including phenoxy) is 2. The van der Waals surface area contributed by atoms with E-state index in [-0.39, 0.29) is 18.0 Å². The standard InChI is InChI=1S/C19H23N3O4/c1-5-7-8-9-18(23)22(6-2)12-17-20-14-11-16(26-4)15(25-3)10-13(14)19(24)21-17/h5,7-11H,6,12H2,1-4H3,(H,20,21,24)/b7-5+,9-8+. The van der Waals surface area contributed by atoms with Crippen molar-refractivity contribution in [2.24, 2.45) is 0 Å². The van der Waals surface area contributed by atoms with Gasteiger partial charge in [0.15, 0.2) is 11.5 Å². The minimum atomic E-state index is -0.293. The molecular weight excluding hydrogens is 334 g/mol. The van der Waals surface area contributed by atoms with Crippen molar-refractivity contribution in [3.05, 3.63) is 52.6 Å². The lowest BCUT2D eigenvalue weighted by atomic mass is 10.2. The molecule has 2 aromatic rings. The number of H-pyrrole nitrogens is 1. The molecule has 1 heterocycles. The lowest BCUT2D eigenvalue weighted by molar-refractivity contribution is -0.126. The van der Waals surface area contributed by atoms with Gasteiger partial charge in [0, 0.05) is 18.7 Å². The molecule has 0 bridgehead atoms. The first-order valence-electron chi connectivity index (χ1n) is 8.27. The molecule has 0 radical (unpaired) electrons. The zero-order valence-electron chi connectivity index (χ0n) is 15.4. The topological polar surface area (TPSA) is 84.5 Å². The summed E-state index contributed by atoms with van der Waals surface area (Å²) in [7, 11) is 3.03. The second-order valence-corrected chi connectivity index (χ2v) is 5.47. The molecule has 0 saturated heterocycles. The van der Waals surface area contributed by atoms with E-state index in [2.05, 4.69) is 9.97 Å². The Bertz CT molecular complexity index is 900. The third kappa shape index (κ3) is 4.30. The van der Waals surface area contributed by atoms with E-state index in [1.165, 1.54) is 20.3 Å². The van der Waals surface area contributed by atoms with Crippen LogP contribution in [0.25, 0.3) is 10.9 Å². The molecule has 138 valence electrons. The fraction of sp³-hybridized carbons (Fsp3) is 0.316. The van der Waals surface area contributed by atoms with Gasteiger partial charge in [-0.2, -0.15) is 0 Å². The summed E-state index contributed by atoms with van der Waals surface area (Å²) >= 11 is 0. The number of likely N-dealkylation sites (N-methyl/N-ethyl adjacent to an activating group) is 1. The second kappa shape index (κ2) is 8.84. The first-order chi connectivity index (χ1) is 12.5. The van der Waals surface area contributed by atoms with Crippen molar-refractivity contribution in [3.8, 4) is 11.5 Å². The van der Waals surface area contributed by atoms with E-state index < -0.39 is 0 Å². The predicted molar refractivity (Wildman–Crippen MR) is 101 cm³/mol. The molecule has 7 nitrogen and oxygen atoms in total. The molecule has 2 rings (SSSR count). The summed E-state index contributed by atoms with van der Waals surface area (Å²) in [6.07, 6.45) is 6.78. The summed E-state index contributed by atoms with van der Waals surface area (Å²) < 4.78 is 10.5. The number of methoxy groups -OCH3 is 2. The van der Waals surface area contributed by atoms with E-state index in [0.29, 0.717) is 34.8 Å². The summed E-state index contributed by atoms with van der Waals surface area (Å²) in [4.78, 5) is 33.4. The Morgan fingerprint density at radius 1 is 1.23 bits per heavy atom. The van der Waals surface area contributed by atoms with Crippen LogP contribution in [0.3, 0.4) is 0 Å². The van der Waals surface area contributed by atoms with Gasteiger partial charge < -0.3 is 19.4 Å². The largest absolute Gasteiger partial charge is 0.493 e. The number of aromatic amines is 1. The Hall–Kier alpha value is -3.09. The maximum atomic E-state index is 12.4. The van der Waals surface area contributed by atoms with Gasteiger partial charge in [-0.15, -0.1) is 0 Å². The summed E-state index contributed by atoms with van der Waals surface area (Å²) in [5, 5.41) is 0.397. The molecule has 0 unspecified atom stereocenters. The molecule has 0 atom stereocenters. The third-order valence-corrected chi connectivity index (χ3v) is 3.84. The third-order valence-electron chi connectivity index (χ3n) is 3.84. The minimum Gasteiger partial charge on any atom is -0.493 e. The number of hydrogen-bond donors (Lipinski definition) is 1. The lowest BCUT2D eigenvalue weighted by Crippen LogP contribution is -2.30. The lowest BCUT2D eigenvalue weighted by Gasteiger charge is -2.18. The monoisotopic (exact) mass is 357 g/mol. The summed E-state index contributed by atoms with van der Waals surface area (Å²) in [5.41, 5.74) is 0.188. The van der Waals surface area contributed by atoms with Crippen LogP contribution in [-0.4, -0.2) is 41.5 Å². The molecule has 7 heteroatoms. The van der Waals surface area contributed by atoms with Crippen molar-refractivity contribution in [2.75, 3.05) is 20.8 Å². The van der Waals surface area contributed by atoms with Crippen molar-refractivity contribution < 1.29 is 14.3 Å². The Labute approximate surface area is 151 Å². The zero-order valence-corrected chi connectivity index (χ0v) is 15.4. The molecule has 1 aromatic carbocycles. The maximum absolute atomic E-state index is 12.4. The average molecular weight is 357 g/mol. The molecule has 1 amide bonds. The molecule has 0 aliphatic rings. The Morgan fingerprint density at radius 2 is 1.92 bits per heavy atom. The van der Waals surface area contributed by atoms with Gasteiger partial charge in [-0.3, -0.25) is 9.59 Å². The van der Waals surface area contributed by atoms with Crippen LogP contribution in [0.2, 0.25) is 0 Å². The van der Waals surface area contributed by atoms with Gasteiger partial charge in [0.1, 0.15) is 5.82 Å². The van der Waals surface area contributed by atoms with Gasteiger partial charge in [-0.25, -0.2) is 4.98 Å². The van der Waals surface area contributed by atoms with Gasteiger partial charge in [-0.05, 0) is 19.9 Å². The van der Waals surface area contributed by atoms with Crippen molar-refractivity contribution in [2.45, 2.75) is 20.4 Å². The van der Waals surface area contributed by atoms with Crippen LogP contribution in [0, 0.1) is 0 Å². The number of nitrogens with zero attached hydrogens (tertiary/aromatic N) is 2. The van der Waals surface area contributed by atoms with E-state index in [9.17, 15) is 9.59 Å². The molecule has 0 saturated carbocycles. The summed E-state index contributed by atoms with van der Waals surface area (Å²) in [6.45, 7) is 4.44. The van der Waals surface area contributed by atoms with Gasteiger partial charge in [0.25, 0.3) is 5.56 Å². The number of nitrogens with one attached hydrogen (secondary N) is 1. The van der Waals surface area contributed by atoms with Crippen LogP contribution >= 0.6 is 0 Å². The number of benzene rings is 1. The number of fused-ring (bicyclic) bond motifs is 1. The van der Waals surface area contributed by atoms with Gasteiger partial charge in [-0.1, -0.05) is 18.2 Å². The highest BCUT2D eigenvalue weighted by Crippen LogP contribution is 2.29. The SMILES string of the molecule is C/C=C/C=C/C(=O)N(CC)Cc1nc2cc(OC)c(OC)cc2c(=O)[nH]1. The number of rotatable bonds is 7. The van der Waals surface area contributed by atoms with Crippen LogP contribution < -0.4 is 15.0 Å². The van der Waals surface area contributed by atoms with Crippen LogP contribution in [0.4, 0.5) is 0 Å². The number of hydrogen-bond acceptors (Lipinski definition) is 5. The summed E-state index contributed by atoms with van der Waals surface area (Å²) in [5.74, 6) is 1.20. The van der Waals surface area contributed by atoms with Crippen molar-refractivity contribution in [1.82, 2.24) is 14.9 Å². The fourth-order valence-corrected chi connectivity index (χ4v) is 2.47. The van der Waals surface area contributed by atoms with Crippen LogP contribution in [0.15, 0.2) is 41.2 Å². The molecule has 0 aliphatic carbocycles. The molecule has 0 aliphatic heterocycles. The number of carbonyl (C=O) groups excluding carboxylic acids is 1. The zero-order chi connectivity index (χ0) is 19.1. The van der Waals surface area contributed by atoms with Crippen molar-refractivity contribution >= 4 is 16.8 Å². The second-order valence-electron chi connectivity index (χ2n) is 5.47. The Balaban J connectivity index is 2.37. The number of carbonyl (C=O) groups is 1. The van der Waals surface area contributed by atoms with E-state index in [1.54, 1.807) is 29.2 Å². The predicted octanol–water partition coefficient (Wildman–Crippen LogP) is 2.42.